The molecule has 2 N–H and O–H groups in total. The number of unbranched alkanes of at least 4 members (excludes halogenated alkanes) is 16. The molecule has 0 radical (unpaired) electrons. The Balaban J connectivity index is 4.86. The third-order valence-electron chi connectivity index (χ3n) is 11.9. The molecule has 0 saturated heterocycles. The average molecular weight is 1080 g/mol. The summed E-state index contributed by atoms with van der Waals surface area (Å²) in [4.78, 5) is 48.5. The third-order valence-corrected chi connectivity index (χ3v) is 12.8. The van der Waals surface area contributed by atoms with Gasteiger partial charge in [-0.15, -0.1) is 0 Å². The van der Waals surface area contributed by atoms with Crippen LogP contribution in [0.15, 0.2) is 122 Å². The lowest BCUT2D eigenvalue weighted by atomic mass is 10.1. The summed E-state index contributed by atoms with van der Waals surface area (Å²) < 4.78 is 39.4. The van der Waals surface area contributed by atoms with E-state index in [4.69, 9.17) is 23.3 Å². The van der Waals surface area contributed by atoms with Crippen molar-refractivity contribution in [2.75, 3.05) is 26.4 Å². The zero-order valence-corrected chi connectivity index (χ0v) is 48.6. The van der Waals surface area contributed by atoms with Crippen LogP contribution >= 0.6 is 7.82 Å². The van der Waals surface area contributed by atoms with Crippen LogP contribution in [0, 0.1) is 0 Å². The molecule has 3 unspecified atom stereocenters. The van der Waals surface area contributed by atoms with E-state index >= 15 is 0 Å². The molecule has 0 aliphatic heterocycles. The Kier molecular flexibility index (Phi) is 54.0. The van der Waals surface area contributed by atoms with E-state index in [-0.39, 0.29) is 25.9 Å². The van der Waals surface area contributed by atoms with Gasteiger partial charge in [0.15, 0.2) is 6.10 Å². The van der Waals surface area contributed by atoms with Crippen LogP contribution in [0.2, 0.25) is 0 Å². The molecule has 0 saturated carbocycles. The number of allylic oxidation sites excluding steroid dienone is 20. The number of ether oxygens (including phenoxy) is 3. The number of hydrogen-bond donors (Lipinski definition) is 2. The fourth-order valence-electron chi connectivity index (χ4n) is 7.45. The minimum atomic E-state index is -4.78. The molecule has 0 spiro atoms. The first kappa shape index (κ1) is 71.9. The molecule has 0 amide bonds. The Morgan fingerprint density at radius 3 is 1.16 bits per heavy atom. The first-order valence-corrected chi connectivity index (χ1v) is 30.9. The second-order valence-corrected chi connectivity index (χ2v) is 20.5. The lowest BCUT2D eigenvalue weighted by Crippen LogP contribution is -2.30. The average Bonchev–Trinajstić information content (AvgIpc) is 3.41. The van der Waals surface area contributed by atoms with Crippen LogP contribution in [0.25, 0.3) is 0 Å². The van der Waals surface area contributed by atoms with Gasteiger partial charge in [-0.1, -0.05) is 213 Å². The molecule has 0 aromatic rings. The van der Waals surface area contributed by atoms with Crippen molar-refractivity contribution in [2.45, 2.75) is 238 Å². The Labute approximate surface area is 462 Å². The van der Waals surface area contributed by atoms with Gasteiger partial charge in [-0.05, 0) is 116 Å². The van der Waals surface area contributed by atoms with E-state index in [9.17, 15) is 28.9 Å². The minimum absolute atomic E-state index is 0.0474. The number of phosphoric ester groups is 1. The topological polar surface area (TPSA) is 155 Å². The predicted octanol–water partition coefficient (Wildman–Crippen LogP) is 17.6. The van der Waals surface area contributed by atoms with Crippen LogP contribution < -0.4 is 0 Å². The van der Waals surface area contributed by atoms with E-state index in [0.717, 1.165) is 103 Å². The molecule has 12 heteroatoms. The summed E-state index contributed by atoms with van der Waals surface area (Å²) in [7, 11) is -4.78. The zero-order chi connectivity index (χ0) is 55.5. The first-order chi connectivity index (χ1) is 37.2. The fourth-order valence-corrected chi connectivity index (χ4v) is 8.23. The van der Waals surface area contributed by atoms with Crippen LogP contribution in [-0.2, 0) is 42.2 Å². The molecule has 0 rings (SSSR count). The Morgan fingerprint density at radius 1 is 0.382 bits per heavy atom. The molecule has 3 atom stereocenters. The van der Waals surface area contributed by atoms with Gasteiger partial charge in [-0.3, -0.25) is 23.4 Å². The lowest BCUT2D eigenvalue weighted by molar-refractivity contribution is -0.161. The zero-order valence-electron chi connectivity index (χ0n) is 47.7. The lowest BCUT2D eigenvalue weighted by Gasteiger charge is -2.21. The molecule has 11 nitrogen and oxygen atoms in total. The third kappa shape index (κ3) is 54.7. The van der Waals surface area contributed by atoms with Gasteiger partial charge in [-0.2, -0.15) is 0 Å². The highest BCUT2D eigenvalue weighted by atomic mass is 31.2. The normalized spacial score (nSPS) is 14.2. The van der Waals surface area contributed by atoms with E-state index in [1.165, 1.54) is 64.2 Å². The second kappa shape index (κ2) is 57.1. The standard InChI is InChI=1S/C64H105O11P/c1-4-7-10-13-16-19-22-25-27-29-30-32-34-37-40-43-46-49-52-55-64(68)75-61(57-71-62(66)53-50-47-44-41-38-36-33-31-28-26-23-20-17-14-11-8-5-2)59-73-76(69,70)72-58-60(56-65)74-63(67)54-51-48-45-42-39-35-24-21-18-15-12-9-6-3/h7,9-10,12,16,18-19,21,25-28,30,32,35,37,39-40,45,48,60-61,65H,4-6,8,11,13-15,17,20,22-24,29,31,33-34,36,38,41-44,46-47,49-59H2,1-3H3,(H,69,70)/b10-7-,12-9-,19-16-,21-18-,27-25-,28-26-,32-30-,39-35-,40-37-,48-45-. The Hall–Kier alpha value is -4.12. The maximum atomic E-state index is 12.9. The van der Waals surface area contributed by atoms with Gasteiger partial charge < -0.3 is 24.2 Å². The smallest absolute Gasteiger partial charge is 0.462 e. The summed E-state index contributed by atoms with van der Waals surface area (Å²) in [5.41, 5.74) is 0. The molecule has 0 aromatic carbocycles. The maximum absolute atomic E-state index is 12.9. The van der Waals surface area contributed by atoms with Gasteiger partial charge in [0.05, 0.1) is 19.8 Å². The van der Waals surface area contributed by atoms with Gasteiger partial charge >= 0.3 is 25.7 Å². The van der Waals surface area contributed by atoms with Crippen molar-refractivity contribution in [1.29, 1.82) is 0 Å². The summed E-state index contributed by atoms with van der Waals surface area (Å²) >= 11 is 0. The molecule has 0 aliphatic carbocycles. The molecule has 0 heterocycles. The van der Waals surface area contributed by atoms with Crippen LogP contribution in [0.1, 0.15) is 226 Å². The van der Waals surface area contributed by atoms with Crippen LogP contribution in [-0.4, -0.2) is 66.5 Å². The Morgan fingerprint density at radius 2 is 0.711 bits per heavy atom. The van der Waals surface area contributed by atoms with Crippen molar-refractivity contribution in [3.63, 3.8) is 0 Å². The number of aliphatic hydroxyl groups is 1. The highest BCUT2D eigenvalue weighted by Crippen LogP contribution is 2.43. The van der Waals surface area contributed by atoms with Gasteiger partial charge in [0.1, 0.15) is 12.7 Å². The molecule has 0 aromatic heterocycles. The fraction of sp³-hybridized carbons (Fsp3) is 0.641. The highest BCUT2D eigenvalue weighted by Gasteiger charge is 2.28. The number of carbonyl (C=O) groups excluding carboxylic acids is 3. The van der Waals surface area contributed by atoms with E-state index in [0.29, 0.717) is 19.3 Å². The number of esters is 3. The van der Waals surface area contributed by atoms with E-state index in [2.05, 4.69) is 124 Å². The maximum Gasteiger partial charge on any atom is 0.472 e. The monoisotopic (exact) mass is 1080 g/mol. The predicted molar refractivity (Wildman–Crippen MR) is 316 cm³/mol. The summed E-state index contributed by atoms with van der Waals surface area (Å²) in [5, 5.41) is 9.80. The van der Waals surface area contributed by atoms with Crippen LogP contribution in [0.5, 0.6) is 0 Å². The number of aliphatic hydroxyl groups excluding tert-OH is 1. The second-order valence-electron chi connectivity index (χ2n) is 19.0. The number of carbonyl (C=O) groups is 3. The summed E-state index contributed by atoms with van der Waals surface area (Å²) in [6, 6.07) is 0. The van der Waals surface area contributed by atoms with Crippen molar-refractivity contribution < 1.29 is 52.2 Å². The molecule has 0 aliphatic rings. The van der Waals surface area contributed by atoms with Crippen molar-refractivity contribution in [3.05, 3.63) is 122 Å². The highest BCUT2D eigenvalue weighted by molar-refractivity contribution is 7.47. The molecular weight excluding hydrogens is 976 g/mol. The minimum Gasteiger partial charge on any atom is -0.462 e. The van der Waals surface area contributed by atoms with Gasteiger partial charge in [0.25, 0.3) is 0 Å². The largest absolute Gasteiger partial charge is 0.472 e. The molecule has 432 valence electrons. The quantitative estimate of drug-likeness (QED) is 0.0197. The first-order valence-electron chi connectivity index (χ1n) is 29.4. The summed E-state index contributed by atoms with van der Waals surface area (Å²) in [5.74, 6) is -1.61. The molecule has 76 heavy (non-hydrogen) atoms. The molecule has 0 fully saturated rings. The van der Waals surface area contributed by atoms with Gasteiger partial charge in [0.2, 0.25) is 0 Å². The number of phosphoric acid groups is 1. The van der Waals surface area contributed by atoms with Crippen molar-refractivity contribution >= 4 is 25.7 Å². The van der Waals surface area contributed by atoms with Gasteiger partial charge in [0, 0.05) is 19.3 Å². The van der Waals surface area contributed by atoms with E-state index in [1.54, 1.807) is 0 Å². The van der Waals surface area contributed by atoms with Crippen molar-refractivity contribution in [1.82, 2.24) is 0 Å². The van der Waals surface area contributed by atoms with E-state index < -0.39 is 57.8 Å². The number of hydrogen-bond acceptors (Lipinski definition) is 10. The van der Waals surface area contributed by atoms with Gasteiger partial charge in [-0.25, -0.2) is 4.57 Å². The number of rotatable bonds is 53. The van der Waals surface area contributed by atoms with E-state index in [1.807, 2.05) is 18.2 Å². The van der Waals surface area contributed by atoms with Crippen molar-refractivity contribution in [2.24, 2.45) is 0 Å². The Bertz CT molecular complexity index is 1740. The summed E-state index contributed by atoms with van der Waals surface area (Å²) in [6.07, 6.45) is 70.3. The molecule has 0 bridgehead atoms. The SMILES string of the molecule is CC/C=C\C/C=C\C/C=C\C/C=C\C/C=C\CCCCCC(=O)OC(COC(=O)CCCCCCCCC/C=C\CCCCCCCC)COP(=O)(O)OCC(CO)OC(=O)CC/C=C\C/C=C\C/C=C\C/C=C\CC. The molecular formula is C64H105O11P. The summed E-state index contributed by atoms with van der Waals surface area (Å²) in [6.45, 7) is 4.28. The van der Waals surface area contributed by atoms with Crippen molar-refractivity contribution in [3.8, 4) is 0 Å². The van der Waals surface area contributed by atoms with Crippen LogP contribution in [0.4, 0.5) is 0 Å². The van der Waals surface area contributed by atoms with Crippen LogP contribution in [0.3, 0.4) is 0 Å².